The van der Waals surface area contributed by atoms with E-state index in [1.165, 1.54) is 25.0 Å². The molecule has 1 N–H and O–H groups in total. The molecule has 0 bridgehead atoms. The topological polar surface area (TPSA) is 66.8 Å². The largest absolute Gasteiger partial charge is 0.370 e. The standard InChI is InChI=1S/C17H22N6/c1-12-5-6-17(22-21-12)23-9-13(10-23)8-18-16-7-15(19-11-20-16)14-3-2-4-14/h5-7,11,13-14H,2-4,8-10H2,1H3,(H,18,19,20). The van der Waals surface area contributed by atoms with Gasteiger partial charge < -0.3 is 10.2 Å². The van der Waals surface area contributed by atoms with Gasteiger partial charge in [0, 0.05) is 43.2 Å². The zero-order valence-electron chi connectivity index (χ0n) is 13.4. The molecule has 23 heavy (non-hydrogen) atoms. The third-order valence-corrected chi connectivity index (χ3v) is 4.85. The third-order valence-electron chi connectivity index (χ3n) is 4.85. The van der Waals surface area contributed by atoms with Gasteiger partial charge in [0.2, 0.25) is 0 Å². The summed E-state index contributed by atoms with van der Waals surface area (Å²) in [6.07, 6.45) is 5.56. The molecule has 4 rings (SSSR count). The Morgan fingerprint density at radius 1 is 1.17 bits per heavy atom. The summed E-state index contributed by atoms with van der Waals surface area (Å²) in [5, 5.41) is 11.8. The smallest absolute Gasteiger partial charge is 0.151 e. The summed E-state index contributed by atoms with van der Waals surface area (Å²) >= 11 is 0. The molecule has 3 heterocycles. The Bertz CT molecular complexity index is 661. The van der Waals surface area contributed by atoms with Crippen LogP contribution in [-0.4, -0.2) is 39.8 Å². The molecule has 0 spiro atoms. The first-order chi connectivity index (χ1) is 11.3. The van der Waals surface area contributed by atoms with Crippen LogP contribution >= 0.6 is 0 Å². The molecule has 120 valence electrons. The first-order valence-electron chi connectivity index (χ1n) is 8.39. The maximum atomic E-state index is 4.41. The lowest BCUT2D eigenvalue weighted by molar-refractivity contribution is 0.410. The SMILES string of the molecule is Cc1ccc(N2CC(CNc3cc(C4CCC4)ncn3)C2)nn1. The Morgan fingerprint density at radius 3 is 2.74 bits per heavy atom. The highest BCUT2D eigenvalue weighted by atomic mass is 15.3. The van der Waals surface area contributed by atoms with Gasteiger partial charge in [-0.25, -0.2) is 9.97 Å². The van der Waals surface area contributed by atoms with Crippen molar-refractivity contribution in [2.45, 2.75) is 32.1 Å². The van der Waals surface area contributed by atoms with Crippen molar-refractivity contribution in [1.29, 1.82) is 0 Å². The van der Waals surface area contributed by atoms with Crippen molar-refractivity contribution in [1.82, 2.24) is 20.2 Å². The number of aromatic nitrogens is 4. The number of aryl methyl sites for hydroxylation is 1. The summed E-state index contributed by atoms with van der Waals surface area (Å²) in [5.41, 5.74) is 2.15. The summed E-state index contributed by atoms with van der Waals surface area (Å²) in [6.45, 7) is 4.94. The Hall–Kier alpha value is -2.24. The highest BCUT2D eigenvalue weighted by Gasteiger charge is 2.28. The van der Waals surface area contributed by atoms with Crippen LogP contribution in [0.15, 0.2) is 24.5 Å². The second-order valence-electron chi connectivity index (χ2n) is 6.64. The highest BCUT2D eigenvalue weighted by molar-refractivity contribution is 5.42. The van der Waals surface area contributed by atoms with Gasteiger partial charge in [-0.15, -0.1) is 5.10 Å². The fourth-order valence-corrected chi connectivity index (χ4v) is 3.09. The number of nitrogens with one attached hydrogen (secondary N) is 1. The molecule has 2 aromatic heterocycles. The van der Waals surface area contributed by atoms with E-state index in [4.69, 9.17) is 0 Å². The maximum Gasteiger partial charge on any atom is 0.151 e. The fraction of sp³-hybridized carbons (Fsp3) is 0.529. The maximum absolute atomic E-state index is 4.41. The third kappa shape index (κ3) is 3.11. The molecule has 0 amide bonds. The molecule has 1 saturated carbocycles. The Morgan fingerprint density at radius 2 is 2.04 bits per heavy atom. The van der Waals surface area contributed by atoms with Gasteiger partial charge in [-0.2, -0.15) is 5.10 Å². The lowest BCUT2D eigenvalue weighted by atomic mass is 9.83. The van der Waals surface area contributed by atoms with Crippen LogP contribution in [0.1, 0.15) is 36.6 Å². The summed E-state index contributed by atoms with van der Waals surface area (Å²) in [7, 11) is 0. The van der Waals surface area contributed by atoms with E-state index in [2.05, 4.69) is 36.4 Å². The van der Waals surface area contributed by atoms with E-state index in [0.717, 1.165) is 37.0 Å². The van der Waals surface area contributed by atoms with Gasteiger partial charge in [-0.05, 0) is 31.9 Å². The van der Waals surface area contributed by atoms with Crippen LogP contribution in [0.2, 0.25) is 0 Å². The summed E-state index contributed by atoms with van der Waals surface area (Å²) in [4.78, 5) is 11.0. The van der Waals surface area contributed by atoms with Gasteiger partial charge in [0.1, 0.15) is 12.1 Å². The van der Waals surface area contributed by atoms with Gasteiger partial charge in [0.15, 0.2) is 5.82 Å². The fourth-order valence-electron chi connectivity index (χ4n) is 3.09. The van der Waals surface area contributed by atoms with E-state index in [1.54, 1.807) is 6.33 Å². The molecule has 1 aliphatic heterocycles. The van der Waals surface area contributed by atoms with Gasteiger partial charge in [-0.1, -0.05) is 6.42 Å². The van der Waals surface area contributed by atoms with Crippen molar-refractivity contribution >= 4 is 11.6 Å². The summed E-state index contributed by atoms with van der Waals surface area (Å²) in [6, 6.07) is 6.17. The van der Waals surface area contributed by atoms with Crippen LogP contribution < -0.4 is 10.2 Å². The monoisotopic (exact) mass is 310 g/mol. The van der Waals surface area contributed by atoms with Crippen LogP contribution in [0.5, 0.6) is 0 Å². The van der Waals surface area contributed by atoms with E-state index in [9.17, 15) is 0 Å². The van der Waals surface area contributed by atoms with E-state index >= 15 is 0 Å². The Labute approximate surface area is 136 Å². The second-order valence-corrected chi connectivity index (χ2v) is 6.64. The van der Waals surface area contributed by atoms with Crippen LogP contribution in [0.25, 0.3) is 0 Å². The van der Waals surface area contributed by atoms with E-state index in [-0.39, 0.29) is 0 Å². The molecule has 0 atom stereocenters. The molecule has 2 aliphatic rings. The molecule has 0 unspecified atom stereocenters. The number of rotatable bonds is 5. The molecular formula is C17H22N6. The number of hydrogen-bond donors (Lipinski definition) is 1. The van der Waals surface area contributed by atoms with Gasteiger partial charge in [0.05, 0.1) is 5.69 Å². The van der Waals surface area contributed by atoms with Crippen molar-refractivity contribution < 1.29 is 0 Å². The average molecular weight is 310 g/mol. The van der Waals surface area contributed by atoms with Crippen molar-refractivity contribution in [3.63, 3.8) is 0 Å². The number of hydrogen-bond acceptors (Lipinski definition) is 6. The van der Waals surface area contributed by atoms with E-state index in [0.29, 0.717) is 11.8 Å². The summed E-state index contributed by atoms with van der Waals surface area (Å²) in [5.74, 6) is 3.20. The first-order valence-corrected chi connectivity index (χ1v) is 8.39. The normalized spacial score (nSPS) is 18.4. The molecular weight excluding hydrogens is 288 g/mol. The second kappa shape index (κ2) is 6.10. The molecule has 6 nitrogen and oxygen atoms in total. The Kier molecular flexibility index (Phi) is 3.81. The van der Waals surface area contributed by atoms with Crippen molar-refractivity contribution in [3.05, 3.63) is 35.9 Å². The molecule has 2 aromatic rings. The van der Waals surface area contributed by atoms with Crippen molar-refractivity contribution in [2.75, 3.05) is 29.9 Å². The Balaban J connectivity index is 1.27. The molecule has 1 saturated heterocycles. The molecule has 0 radical (unpaired) electrons. The van der Waals surface area contributed by atoms with Gasteiger partial charge in [-0.3, -0.25) is 0 Å². The minimum absolute atomic E-state index is 0.625. The molecule has 0 aromatic carbocycles. The minimum atomic E-state index is 0.625. The van der Waals surface area contributed by atoms with Crippen LogP contribution in [0.4, 0.5) is 11.6 Å². The van der Waals surface area contributed by atoms with Gasteiger partial charge in [0.25, 0.3) is 0 Å². The van der Waals surface area contributed by atoms with Crippen molar-refractivity contribution in [2.24, 2.45) is 5.92 Å². The lowest BCUT2D eigenvalue weighted by Gasteiger charge is -2.40. The molecule has 6 heteroatoms. The number of anilines is 2. The first kappa shape index (κ1) is 14.4. The lowest BCUT2D eigenvalue weighted by Crippen LogP contribution is -2.50. The zero-order chi connectivity index (χ0) is 15.6. The van der Waals surface area contributed by atoms with Crippen LogP contribution in [-0.2, 0) is 0 Å². The quantitative estimate of drug-likeness (QED) is 0.914. The number of nitrogens with zero attached hydrogens (tertiary/aromatic N) is 5. The minimum Gasteiger partial charge on any atom is -0.370 e. The predicted octanol–water partition coefficient (Wildman–Crippen LogP) is 2.39. The van der Waals surface area contributed by atoms with Crippen LogP contribution in [0, 0.1) is 12.8 Å². The van der Waals surface area contributed by atoms with E-state index < -0.39 is 0 Å². The average Bonchev–Trinajstić information content (AvgIpc) is 2.46. The molecule has 2 fully saturated rings. The van der Waals surface area contributed by atoms with Gasteiger partial charge >= 0.3 is 0 Å². The van der Waals surface area contributed by atoms with Crippen molar-refractivity contribution in [3.8, 4) is 0 Å². The van der Waals surface area contributed by atoms with E-state index in [1.807, 2.05) is 19.1 Å². The predicted molar refractivity (Wildman–Crippen MR) is 89.6 cm³/mol. The zero-order valence-corrected chi connectivity index (χ0v) is 13.4. The van der Waals surface area contributed by atoms with Crippen LogP contribution in [0.3, 0.4) is 0 Å². The summed E-state index contributed by atoms with van der Waals surface area (Å²) < 4.78 is 0. The molecule has 1 aliphatic carbocycles. The highest BCUT2D eigenvalue weighted by Crippen LogP contribution is 2.35.